The van der Waals surface area contributed by atoms with Gasteiger partial charge in [0.1, 0.15) is 22.8 Å². The summed E-state index contributed by atoms with van der Waals surface area (Å²) in [5, 5.41) is 9.14. The molecule has 2 rings (SSSR count). The van der Waals surface area contributed by atoms with Crippen molar-refractivity contribution in [3.63, 3.8) is 0 Å². The topological polar surface area (TPSA) is 55.8 Å². The molecule has 4 nitrogen and oxygen atoms in total. The minimum Gasteiger partial charge on any atom is -0.497 e. The number of ether oxygens (including phenoxy) is 2. The van der Waals surface area contributed by atoms with E-state index in [0.717, 1.165) is 4.47 Å². The summed E-state index contributed by atoms with van der Waals surface area (Å²) < 4.78 is 11.5. The highest BCUT2D eigenvalue weighted by atomic mass is 79.9. The molecule has 0 saturated heterocycles. The van der Waals surface area contributed by atoms with E-state index in [-0.39, 0.29) is 11.3 Å². The van der Waals surface area contributed by atoms with Gasteiger partial charge in [-0.15, -0.1) is 0 Å². The Hall–Kier alpha value is -2.01. The highest BCUT2D eigenvalue weighted by Gasteiger charge is 2.14. The van der Waals surface area contributed by atoms with Gasteiger partial charge >= 0.3 is 5.97 Å². The van der Waals surface area contributed by atoms with Gasteiger partial charge in [-0.25, -0.2) is 4.79 Å². The molecule has 2 aromatic carbocycles. The number of methoxy groups -OCH3 is 1. The van der Waals surface area contributed by atoms with Crippen molar-refractivity contribution in [2.24, 2.45) is 0 Å². The van der Waals surface area contributed by atoms with Crippen molar-refractivity contribution in [1.29, 1.82) is 0 Å². The summed E-state index contributed by atoms with van der Waals surface area (Å²) >= 11 is 3.35. The Bertz CT molecular complexity index is 610. The van der Waals surface area contributed by atoms with Crippen LogP contribution in [0.25, 0.3) is 0 Å². The van der Waals surface area contributed by atoms with Crippen molar-refractivity contribution >= 4 is 21.9 Å². The molecule has 0 amide bonds. The van der Waals surface area contributed by atoms with Crippen LogP contribution < -0.4 is 9.47 Å². The standard InChI is InChI=1S/C14H11BrO4/c1-18-9-6-7-10(14(16)17)13(8-9)19-12-5-3-2-4-11(12)15/h2-8H,1H3,(H,16,17). The Morgan fingerprint density at radius 1 is 1.16 bits per heavy atom. The third kappa shape index (κ3) is 3.06. The lowest BCUT2D eigenvalue weighted by Gasteiger charge is -2.11. The number of carbonyl (C=O) groups is 1. The number of aromatic carboxylic acids is 1. The second kappa shape index (κ2) is 5.75. The highest BCUT2D eigenvalue weighted by Crippen LogP contribution is 2.33. The molecule has 0 unspecified atom stereocenters. The van der Waals surface area contributed by atoms with Crippen LogP contribution in [-0.2, 0) is 0 Å². The molecule has 0 atom stereocenters. The molecule has 0 radical (unpaired) electrons. The number of halogens is 1. The Balaban J connectivity index is 2.43. The van der Waals surface area contributed by atoms with E-state index in [1.165, 1.54) is 13.2 Å². The van der Waals surface area contributed by atoms with E-state index in [9.17, 15) is 4.79 Å². The van der Waals surface area contributed by atoms with E-state index in [2.05, 4.69) is 15.9 Å². The molecule has 0 bridgehead atoms. The molecule has 0 saturated carbocycles. The lowest BCUT2D eigenvalue weighted by Crippen LogP contribution is -2.00. The Labute approximate surface area is 118 Å². The first-order valence-corrected chi connectivity index (χ1v) is 6.25. The smallest absolute Gasteiger partial charge is 0.339 e. The summed E-state index contributed by atoms with van der Waals surface area (Å²) in [6.07, 6.45) is 0. The van der Waals surface area contributed by atoms with Gasteiger partial charge in [0.25, 0.3) is 0 Å². The number of hydrogen-bond donors (Lipinski definition) is 1. The molecule has 2 aromatic rings. The van der Waals surface area contributed by atoms with Crippen LogP contribution in [0, 0.1) is 0 Å². The Kier molecular flexibility index (Phi) is 4.06. The van der Waals surface area contributed by atoms with Gasteiger partial charge in [-0.1, -0.05) is 12.1 Å². The second-order valence-electron chi connectivity index (χ2n) is 3.70. The summed E-state index contributed by atoms with van der Waals surface area (Å²) in [6, 6.07) is 11.8. The minimum atomic E-state index is -1.05. The SMILES string of the molecule is COc1ccc(C(=O)O)c(Oc2ccccc2Br)c1. The minimum absolute atomic E-state index is 0.0801. The number of benzene rings is 2. The van der Waals surface area contributed by atoms with E-state index in [4.69, 9.17) is 14.6 Å². The first kappa shape index (κ1) is 13.4. The number of carboxylic acids is 1. The second-order valence-corrected chi connectivity index (χ2v) is 4.55. The van der Waals surface area contributed by atoms with E-state index >= 15 is 0 Å². The third-order valence-corrected chi connectivity index (χ3v) is 3.13. The van der Waals surface area contributed by atoms with Crippen molar-refractivity contribution in [3.8, 4) is 17.2 Å². The van der Waals surface area contributed by atoms with Gasteiger partial charge in [0.05, 0.1) is 11.6 Å². The largest absolute Gasteiger partial charge is 0.497 e. The average molecular weight is 323 g/mol. The summed E-state index contributed by atoms with van der Waals surface area (Å²) in [7, 11) is 1.51. The number of para-hydroxylation sites is 1. The molecule has 1 N–H and O–H groups in total. The molecule has 0 fully saturated rings. The van der Waals surface area contributed by atoms with Crippen LogP contribution in [0.1, 0.15) is 10.4 Å². The molecule has 0 aliphatic rings. The predicted molar refractivity (Wildman–Crippen MR) is 74.2 cm³/mol. The predicted octanol–water partition coefficient (Wildman–Crippen LogP) is 3.95. The van der Waals surface area contributed by atoms with Gasteiger partial charge in [0.2, 0.25) is 0 Å². The molecule has 98 valence electrons. The number of rotatable bonds is 4. The third-order valence-electron chi connectivity index (χ3n) is 2.48. The molecule has 0 aromatic heterocycles. The van der Waals surface area contributed by atoms with E-state index in [1.54, 1.807) is 24.3 Å². The highest BCUT2D eigenvalue weighted by molar-refractivity contribution is 9.10. The van der Waals surface area contributed by atoms with E-state index < -0.39 is 5.97 Å². The van der Waals surface area contributed by atoms with Gasteiger partial charge in [-0.3, -0.25) is 0 Å². The molecule has 0 aliphatic carbocycles. The van der Waals surface area contributed by atoms with Crippen LogP contribution in [0.5, 0.6) is 17.2 Å². The van der Waals surface area contributed by atoms with Crippen molar-refractivity contribution < 1.29 is 19.4 Å². The van der Waals surface area contributed by atoms with Gasteiger partial charge in [0, 0.05) is 6.07 Å². The summed E-state index contributed by atoms with van der Waals surface area (Å²) in [6.45, 7) is 0. The summed E-state index contributed by atoms with van der Waals surface area (Å²) in [5.41, 5.74) is 0.0801. The molecule has 5 heteroatoms. The van der Waals surface area contributed by atoms with E-state index in [0.29, 0.717) is 11.5 Å². The summed E-state index contributed by atoms with van der Waals surface area (Å²) in [4.78, 5) is 11.2. The Morgan fingerprint density at radius 2 is 1.89 bits per heavy atom. The maximum Gasteiger partial charge on any atom is 0.339 e. The van der Waals surface area contributed by atoms with E-state index in [1.807, 2.05) is 12.1 Å². The quantitative estimate of drug-likeness (QED) is 0.926. The van der Waals surface area contributed by atoms with Crippen LogP contribution in [0.4, 0.5) is 0 Å². The summed E-state index contributed by atoms with van der Waals surface area (Å²) in [5.74, 6) is 0.258. The number of carboxylic acid groups (broad SMARTS) is 1. The van der Waals surface area contributed by atoms with Gasteiger partial charge in [-0.2, -0.15) is 0 Å². The maximum atomic E-state index is 11.2. The van der Waals surface area contributed by atoms with Crippen LogP contribution in [0.3, 0.4) is 0 Å². The molecule has 0 aliphatic heterocycles. The van der Waals surface area contributed by atoms with Crippen molar-refractivity contribution in [2.45, 2.75) is 0 Å². The first-order valence-electron chi connectivity index (χ1n) is 5.45. The zero-order chi connectivity index (χ0) is 13.8. The fraction of sp³-hybridized carbons (Fsp3) is 0.0714. The Morgan fingerprint density at radius 3 is 2.53 bits per heavy atom. The van der Waals surface area contributed by atoms with Gasteiger partial charge in [-0.05, 0) is 40.2 Å². The fourth-order valence-electron chi connectivity index (χ4n) is 1.54. The van der Waals surface area contributed by atoms with Crippen LogP contribution >= 0.6 is 15.9 Å². The zero-order valence-corrected chi connectivity index (χ0v) is 11.7. The monoisotopic (exact) mass is 322 g/mol. The van der Waals surface area contributed by atoms with Crippen LogP contribution in [0.2, 0.25) is 0 Å². The van der Waals surface area contributed by atoms with Crippen LogP contribution in [0.15, 0.2) is 46.9 Å². The van der Waals surface area contributed by atoms with Gasteiger partial charge < -0.3 is 14.6 Å². The number of hydrogen-bond acceptors (Lipinski definition) is 3. The van der Waals surface area contributed by atoms with Crippen molar-refractivity contribution in [1.82, 2.24) is 0 Å². The van der Waals surface area contributed by atoms with Crippen molar-refractivity contribution in [2.75, 3.05) is 7.11 Å². The maximum absolute atomic E-state index is 11.2. The lowest BCUT2D eigenvalue weighted by atomic mass is 10.2. The van der Waals surface area contributed by atoms with Gasteiger partial charge in [0.15, 0.2) is 0 Å². The van der Waals surface area contributed by atoms with Crippen LogP contribution in [-0.4, -0.2) is 18.2 Å². The molecule has 0 heterocycles. The molecule has 19 heavy (non-hydrogen) atoms. The molecular formula is C14H11BrO4. The zero-order valence-electron chi connectivity index (χ0n) is 10.1. The average Bonchev–Trinajstić information content (AvgIpc) is 2.41. The lowest BCUT2D eigenvalue weighted by molar-refractivity contribution is 0.0694. The first-order chi connectivity index (χ1) is 9.11. The fourth-order valence-corrected chi connectivity index (χ4v) is 1.90. The molecular weight excluding hydrogens is 312 g/mol. The van der Waals surface area contributed by atoms with Crippen molar-refractivity contribution in [3.05, 3.63) is 52.5 Å². The normalized spacial score (nSPS) is 10.0. The molecule has 0 spiro atoms.